The molecule has 2 amide bonds. The number of anilines is 1. The van der Waals surface area contributed by atoms with Gasteiger partial charge in [0, 0.05) is 29.3 Å². The van der Waals surface area contributed by atoms with Crippen LogP contribution in [0.3, 0.4) is 0 Å². The van der Waals surface area contributed by atoms with Gasteiger partial charge in [-0.15, -0.1) is 0 Å². The van der Waals surface area contributed by atoms with Gasteiger partial charge in [-0.2, -0.15) is 4.39 Å². The van der Waals surface area contributed by atoms with E-state index in [-0.39, 0.29) is 16.9 Å². The number of nitrogens with one attached hydrogen (secondary N) is 1. The van der Waals surface area contributed by atoms with Gasteiger partial charge in [-0.1, -0.05) is 13.0 Å². The minimum Gasteiger partial charge on any atom is -0.493 e. The number of nitrogens with two attached hydrogens (primary N) is 1. The van der Waals surface area contributed by atoms with E-state index in [2.05, 4.69) is 10.3 Å². The fourth-order valence-corrected chi connectivity index (χ4v) is 3.85. The number of primary amides is 1. The summed E-state index contributed by atoms with van der Waals surface area (Å²) in [6, 6.07) is 4.58. The highest BCUT2D eigenvalue weighted by Crippen LogP contribution is 2.51. The zero-order valence-electron chi connectivity index (χ0n) is 17.4. The molecule has 0 unspecified atom stereocenters. The lowest BCUT2D eigenvalue weighted by Crippen LogP contribution is -2.40. The number of carbonyl (C=O) groups excluding carboxylic acids is 2. The Bertz CT molecular complexity index is 1050. The van der Waals surface area contributed by atoms with Crippen LogP contribution in [0.25, 0.3) is 0 Å². The van der Waals surface area contributed by atoms with E-state index < -0.39 is 59.2 Å². The molecule has 2 aromatic rings. The minimum atomic E-state index is -2.98. The highest BCUT2D eigenvalue weighted by atomic mass is 19.3. The van der Waals surface area contributed by atoms with E-state index in [1.165, 1.54) is 31.3 Å². The molecule has 1 aliphatic heterocycles. The fourth-order valence-electron chi connectivity index (χ4n) is 3.85. The Morgan fingerprint density at radius 1 is 1.28 bits per heavy atom. The Morgan fingerprint density at radius 2 is 1.97 bits per heavy atom. The van der Waals surface area contributed by atoms with Crippen molar-refractivity contribution in [3.05, 3.63) is 53.4 Å². The Labute approximate surface area is 180 Å². The van der Waals surface area contributed by atoms with Crippen molar-refractivity contribution >= 4 is 17.5 Å². The van der Waals surface area contributed by atoms with Crippen LogP contribution in [0.4, 0.5) is 23.2 Å². The van der Waals surface area contributed by atoms with E-state index in [1.54, 1.807) is 0 Å². The normalized spacial score (nSPS) is 25.1. The van der Waals surface area contributed by atoms with Crippen molar-refractivity contribution in [2.75, 3.05) is 12.4 Å². The molecule has 1 aliphatic rings. The molecule has 1 fully saturated rings. The molecule has 0 saturated carbocycles. The first kappa shape index (κ1) is 23.5. The Hall–Kier alpha value is -3.21. The molecule has 11 heteroatoms. The maximum absolute atomic E-state index is 14.3. The third-order valence-corrected chi connectivity index (χ3v) is 5.77. The molecular weight excluding hydrogens is 434 g/mol. The average Bonchev–Trinajstić information content (AvgIpc) is 3.02. The van der Waals surface area contributed by atoms with Crippen LogP contribution in [-0.2, 0) is 9.53 Å². The number of hydrogen-bond donors (Lipinski definition) is 2. The van der Waals surface area contributed by atoms with Gasteiger partial charge in [0.25, 0.3) is 18.2 Å². The number of nitrogens with zero attached hydrogens (tertiary/aromatic N) is 1. The SMILES string of the molecule is COc1c([C@H]2[C@@H](C)[C@@](C)(C(F)F)O[C@H]2C(=O)Nc2ccnc(C(N)=O)c2)ccc(F)c1F. The number of ether oxygens (including phenoxy) is 2. The molecule has 0 spiro atoms. The lowest BCUT2D eigenvalue weighted by Gasteiger charge is -2.28. The summed E-state index contributed by atoms with van der Waals surface area (Å²) in [5, 5.41) is 2.47. The van der Waals surface area contributed by atoms with Crippen LogP contribution in [0.5, 0.6) is 5.75 Å². The maximum atomic E-state index is 14.3. The predicted octanol–water partition coefficient (Wildman–Crippen LogP) is 3.25. The quantitative estimate of drug-likeness (QED) is 0.651. The van der Waals surface area contributed by atoms with Crippen molar-refractivity contribution in [2.45, 2.75) is 37.9 Å². The van der Waals surface area contributed by atoms with E-state index in [1.807, 2.05) is 0 Å². The van der Waals surface area contributed by atoms with Gasteiger partial charge in [0.05, 0.1) is 7.11 Å². The summed E-state index contributed by atoms with van der Waals surface area (Å²) in [7, 11) is 1.10. The summed E-state index contributed by atoms with van der Waals surface area (Å²) < 4.78 is 66.4. The predicted molar refractivity (Wildman–Crippen MR) is 105 cm³/mol. The molecule has 1 aromatic heterocycles. The number of halogens is 4. The lowest BCUT2D eigenvalue weighted by molar-refractivity contribution is -0.151. The Balaban J connectivity index is 2.04. The van der Waals surface area contributed by atoms with E-state index >= 15 is 0 Å². The number of methoxy groups -OCH3 is 1. The van der Waals surface area contributed by atoms with Gasteiger partial charge < -0.3 is 20.5 Å². The van der Waals surface area contributed by atoms with Crippen LogP contribution < -0.4 is 15.8 Å². The second kappa shape index (κ2) is 8.73. The third kappa shape index (κ3) is 3.99. The minimum absolute atomic E-state index is 0.0102. The number of pyridine rings is 1. The molecule has 1 saturated heterocycles. The van der Waals surface area contributed by atoms with Crippen molar-refractivity contribution in [2.24, 2.45) is 11.7 Å². The Morgan fingerprint density at radius 3 is 2.56 bits per heavy atom. The first-order valence-corrected chi connectivity index (χ1v) is 9.55. The summed E-state index contributed by atoms with van der Waals surface area (Å²) in [4.78, 5) is 28.1. The molecule has 0 radical (unpaired) electrons. The van der Waals surface area contributed by atoms with Crippen molar-refractivity contribution in [1.82, 2.24) is 4.98 Å². The molecule has 3 N–H and O–H groups in total. The van der Waals surface area contributed by atoms with Crippen LogP contribution >= 0.6 is 0 Å². The van der Waals surface area contributed by atoms with Crippen LogP contribution in [0.15, 0.2) is 30.5 Å². The van der Waals surface area contributed by atoms with Crippen molar-refractivity contribution in [1.29, 1.82) is 0 Å². The number of alkyl halides is 2. The summed E-state index contributed by atoms with van der Waals surface area (Å²) in [6.45, 7) is 2.58. The van der Waals surface area contributed by atoms with E-state index in [0.29, 0.717) is 0 Å². The van der Waals surface area contributed by atoms with Gasteiger partial charge in [0.2, 0.25) is 5.82 Å². The summed E-state index contributed by atoms with van der Waals surface area (Å²) in [5.74, 6) is -6.75. The van der Waals surface area contributed by atoms with Crippen LogP contribution in [0.2, 0.25) is 0 Å². The topological polar surface area (TPSA) is 104 Å². The monoisotopic (exact) mass is 455 g/mol. The van der Waals surface area contributed by atoms with Gasteiger partial charge in [0.15, 0.2) is 11.6 Å². The highest BCUT2D eigenvalue weighted by Gasteiger charge is 2.58. The van der Waals surface area contributed by atoms with Gasteiger partial charge in [-0.05, 0) is 25.1 Å². The van der Waals surface area contributed by atoms with E-state index in [9.17, 15) is 27.2 Å². The molecule has 2 heterocycles. The Kier molecular flexibility index (Phi) is 6.40. The summed E-state index contributed by atoms with van der Waals surface area (Å²) in [5.41, 5.74) is 3.13. The molecule has 0 bridgehead atoms. The van der Waals surface area contributed by atoms with Gasteiger partial charge >= 0.3 is 0 Å². The molecule has 4 atom stereocenters. The number of amides is 2. The number of benzene rings is 1. The van der Waals surface area contributed by atoms with Crippen LogP contribution in [0.1, 0.15) is 35.8 Å². The molecule has 3 rings (SSSR count). The number of carbonyl (C=O) groups is 2. The van der Waals surface area contributed by atoms with E-state index in [4.69, 9.17) is 15.2 Å². The highest BCUT2D eigenvalue weighted by molar-refractivity contribution is 5.97. The second-order valence-electron chi connectivity index (χ2n) is 7.60. The van der Waals surface area contributed by atoms with Crippen LogP contribution in [-0.4, -0.2) is 42.0 Å². The van der Waals surface area contributed by atoms with Crippen molar-refractivity contribution in [3.63, 3.8) is 0 Å². The smallest absolute Gasteiger partial charge is 0.267 e. The summed E-state index contributed by atoms with van der Waals surface area (Å²) >= 11 is 0. The molecule has 32 heavy (non-hydrogen) atoms. The second-order valence-corrected chi connectivity index (χ2v) is 7.60. The van der Waals surface area contributed by atoms with Gasteiger partial charge in [0.1, 0.15) is 17.4 Å². The molecule has 1 aromatic carbocycles. The number of hydrogen-bond acceptors (Lipinski definition) is 5. The lowest BCUT2D eigenvalue weighted by atomic mass is 9.77. The first-order chi connectivity index (χ1) is 15.0. The van der Waals surface area contributed by atoms with Gasteiger partial charge in [-0.3, -0.25) is 14.6 Å². The maximum Gasteiger partial charge on any atom is 0.267 e. The number of aromatic nitrogens is 1. The molecular formula is C21H21F4N3O4. The third-order valence-electron chi connectivity index (χ3n) is 5.77. The van der Waals surface area contributed by atoms with E-state index in [0.717, 1.165) is 20.1 Å². The van der Waals surface area contributed by atoms with Crippen molar-refractivity contribution < 1.29 is 36.6 Å². The first-order valence-electron chi connectivity index (χ1n) is 9.55. The zero-order valence-corrected chi connectivity index (χ0v) is 17.4. The zero-order chi connectivity index (χ0) is 23.8. The standard InChI is InChI=1S/C21H21F4N3O4/c1-9-14(11-4-5-12(22)15(23)16(11)31-3)17(32-21(9,2)20(24)25)19(30)28-10-6-7-27-13(8-10)18(26)29/h4-9,14,17,20H,1-3H3,(H2,26,29)(H,27,28,30)/t9-,14-,17-,21+/m1/s1. The number of rotatable bonds is 6. The summed E-state index contributed by atoms with van der Waals surface area (Å²) in [6.07, 6.45) is -3.25. The largest absolute Gasteiger partial charge is 0.493 e. The average molecular weight is 455 g/mol. The molecule has 7 nitrogen and oxygen atoms in total. The fraction of sp³-hybridized carbons (Fsp3) is 0.381. The molecule has 172 valence electrons. The van der Waals surface area contributed by atoms with Gasteiger partial charge in [-0.25, -0.2) is 13.2 Å². The van der Waals surface area contributed by atoms with Crippen molar-refractivity contribution in [3.8, 4) is 5.75 Å². The molecule has 0 aliphatic carbocycles. The van der Waals surface area contributed by atoms with Crippen LogP contribution in [0, 0.1) is 17.6 Å².